The SMILES string of the molecule is CCC1C(=O)NCC(=O)N1Cc1cccc(OC)c1. The summed E-state index contributed by atoms with van der Waals surface area (Å²) < 4.78 is 5.16. The Hall–Kier alpha value is -2.04. The molecule has 0 aromatic heterocycles. The van der Waals surface area contributed by atoms with Crippen molar-refractivity contribution in [3.63, 3.8) is 0 Å². The Morgan fingerprint density at radius 1 is 1.42 bits per heavy atom. The lowest BCUT2D eigenvalue weighted by molar-refractivity contribution is -0.146. The summed E-state index contributed by atoms with van der Waals surface area (Å²) in [6.07, 6.45) is 0.613. The predicted octanol–water partition coefficient (Wildman–Crippen LogP) is 0.932. The van der Waals surface area contributed by atoms with Crippen LogP contribution in [0.15, 0.2) is 24.3 Å². The van der Waals surface area contributed by atoms with Gasteiger partial charge < -0.3 is 15.0 Å². The van der Waals surface area contributed by atoms with Crippen molar-refractivity contribution in [3.05, 3.63) is 29.8 Å². The lowest BCUT2D eigenvalue weighted by Gasteiger charge is -2.34. The molecule has 1 aromatic carbocycles. The Morgan fingerprint density at radius 3 is 2.89 bits per heavy atom. The summed E-state index contributed by atoms with van der Waals surface area (Å²) in [5.41, 5.74) is 0.959. The summed E-state index contributed by atoms with van der Waals surface area (Å²) in [5, 5.41) is 2.62. The zero-order chi connectivity index (χ0) is 13.8. The Balaban J connectivity index is 2.18. The van der Waals surface area contributed by atoms with Gasteiger partial charge in [-0.3, -0.25) is 9.59 Å². The Labute approximate surface area is 112 Å². The fraction of sp³-hybridized carbons (Fsp3) is 0.429. The lowest BCUT2D eigenvalue weighted by atomic mass is 10.1. The van der Waals surface area contributed by atoms with Crippen LogP contribution < -0.4 is 10.1 Å². The molecular weight excluding hydrogens is 244 g/mol. The number of carbonyl (C=O) groups is 2. The molecule has 5 nitrogen and oxygen atoms in total. The Kier molecular flexibility index (Phi) is 4.04. The normalized spacial score (nSPS) is 19.3. The second kappa shape index (κ2) is 5.73. The number of hydrogen-bond donors (Lipinski definition) is 1. The average Bonchev–Trinajstić information content (AvgIpc) is 2.43. The molecule has 0 aliphatic carbocycles. The minimum atomic E-state index is -0.382. The third-order valence-electron chi connectivity index (χ3n) is 3.29. The molecule has 0 radical (unpaired) electrons. The van der Waals surface area contributed by atoms with Crippen LogP contribution in [0.4, 0.5) is 0 Å². The molecule has 0 spiro atoms. The van der Waals surface area contributed by atoms with Crippen molar-refractivity contribution in [1.29, 1.82) is 0 Å². The van der Waals surface area contributed by atoms with Crippen LogP contribution >= 0.6 is 0 Å². The first kappa shape index (κ1) is 13.4. The molecule has 1 heterocycles. The van der Waals surface area contributed by atoms with E-state index >= 15 is 0 Å². The molecule has 1 fully saturated rings. The molecule has 2 amide bonds. The van der Waals surface area contributed by atoms with Crippen LogP contribution in [0.1, 0.15) is 18.9 Å². The molecule has 102 valence electrons. The summed E-state index contributed by atoms with van der Waals surface area (Å²) >= 11 is 0. The van der Waals surface area contributed by atoms with E-state index in [4.69, 9.17) is 4.74 Å². The highest BCUT2D eigenvalue weighted by Gasteiger charge is 2.32. The largest absolute Gasteiger partial charge is 0.497 e. The zero-order valence-corrected chi connectivity index (χ0v) is 11.2. The van der Waals surface area contributed by atoms with Crippen molar-refractivity contribution >= 4 is 11.8 Å². The first-order valence-corrected chi connectivity index (χ1v) is 6.35. The number of methoxy groups -OCH3 is 1. The topological polar surface area (TPSA) is 58.6 Å². The van der Waals surface area contributed by atoms with Gasteiger partial charge in [0, 0.05) is 6.54 Å². The second-order valence-electron chi connectivity index (χ2n) is 4.52. The Bertz CT molecular complexity index is 487. The number of benzene rings is 1. The van der Waals surface area contributed by atoms with Crippen LogP contribution in [-0.2, 0) is 16.1 Å². The van der Waals surface area contributed by atoms with Crippen molar-refractivity contribution in [1.82, 2.24) is 10.2 Å². The first-order valence-electron chi connectivity index (χ1n) is 6.35. The van der Waals surface area contributed by atoms with Gasteiger partial charge in [0.15, 0.2) is 0 Å². The number of rotatable bonds is 4. The van der Waals surface area contributed by atoms with Crippen LogP contribution in [-0.4, -0.2) is 36.4 Å². The molecule has 2 rings (SSSR count). The van der Waals surface area contributed by atoms with Crippen LogP contribution in [0.3, 0.4) is 0 Å². The molecule has 1 unspecified atom stereocenters. The van der Waals surface area contributed by atoms with E-state index in [1.807, 2.05) is 31.2 Å². The first-order chi connectivity index (χ1) is 9.15. The summed E-state index contributed by atoms with van der Waals surface area (Å²) in [6.45, 7) is 2.42. The van der Waals surface area contributed by atoms with Crippen molar-refractivity contribution in [2.24, 2.45) is 0 Å². The second-order valence-corrected chi connectivity index (χ2v) is 4.52. The number of nitrogens with zero attached hydrogens (tertiary/aromatic N) is 1. The number of ether oxygens (including phenoxy) is 1. The lowest BCUT2D eigenvalue weighted by Crippen LogP contribution is -2.57. The predicted molar refractivity (Wildman–Crippen MR) is 70.6 cm³/mol. The summed E-state index contributed by atoms with van der Waals surface area (Å²) in [4.78, 5) is 25.3. The van der Waals surface area contributed by atoms with Gasteiger partial charge in [-0.05, 0) is 24.1 Å². The minimum absolute atomic E-state index is 0.0470. The fourth-order valence-corrected chi connectivity index (χ4v) is 2.27. The molecular formula is C14H18N2O3. The molecule has 1 saturated heterocycles. The van der Waals surface area contributed by atoms with Gasteiger partial charge in [-0.2, -0.15) is 0 Å². The maximum absolute atomic E-state index is 11.9. The summed E-state index contributed by atoms with van der Waals surface area (Å²) in [6, 6.07) is 7.16. The van der Waals surface area contributed by atoms with Gasteiger partial charge in [-0.25, -0.2) is 0 Å². The number of amides is 2. The van der Waals surface area contributed by atoms with Crippen LogP contribution in [0, 0.1) is 0 Å². The maximum Gasteiger partial charge on any atom is 0.243 e. The zero-order valence-electron chi connectivity index (χ0n) is 11.2. The Morgan fingerprint density at radius 2 is 2.21 bits per heavy atom. The van der Waals surface area contributed by atoms with Crippen molar-refractivity contribution in [3.8, 4) is 5.75 Å². The molecule has 1 atom stereocenters. The molecule has 19 heavy (non-hydrogen) atoms. The number of nitrogens with one attached hydrogen (secondary N) is 1. The van der Waals surface area contributed by atoms with Gasteiger partial charge >= 0.3 is 0 Å². The van der Waals surface area contributed by atoms with Gasteiger partial charge in [-0.1, -0.05) is 19.1 Å². The van der Waals surface area contributed by atoms with E-state index in [-0.39, 0.29) is 24.4 Å². The molecule has 5 heteroatoms. The minimum Gasteiger partial charge on any atom is -0.497 e. The number of carbonyl (C=O) groups excluding carboxylic acids is 2. The van der Waals surface area contributed by atoms with E-state index in [0.717, 1.165) is 11.3 Å². The van der Waals surface area contributed by atoms with Crippen molar-refractivity contribution in [2.45, 2.75) is 25.9 Å². The van der Waals surface area contributed by atoms with Gasteiger partial charge in [0.25, 0.3) is 0 Å². The molecule has 1 aliphatic heterocycles. The molecule has 1 aliphatic rings. The highest BCUT2D eigenvalue weighted by molar-refractivity contribution is 5.94. The number of hydrogen-bond acceptors (Lipinski definition) is 3. The smallest absolute Gasteiger partial charge is 0.243 e. The van der Waals surface area contributed by atoms with Crippen LogP contribution in [0.25, 0.3) is 0 Å². The van der Waals surface area contributed by atoms with E-state index in [0.29, 0.717) is 13.0 Å². The third kappa shape index (κ3) is 2.86. The molecule has 0 saturated carbocycles. The third-order valence-corrected chi connectivity index (χ3v) is 3.29. The average molecular weight is 262 g/mol. The molecule has 1 aromatic rings. The number of piperazine rings is 1. The molecule has 1 N–H and O–H groups in total. The van der Waals surface area contributed by atoms with Crippen LogP contribution in [0.5, 0.6) is 5.75 Å². The van der Waals surface area contributed by atoms with Gasteiger partial charge in [0.05, 0.1) is 13.7 Å². The van der Waals surface area contributed by atoms with Crippen molar-refractivity contribution in [2.75, 3.05) is 13.7 Å². The quantitative estimate of drug-likeness (QED) is 0.878. The van der Waals surface area contributed by atoms with E-state index in [2.05, 4.69) is 5.32 Å². The molecule has 0 bridgehead atoms. The van der Waals surface area contributed by atoms with Gasteiger partial charge in [0.2, 0.25) is 11.8 Å². The van der Waals surface area contributed by atoms with Gasteiger partial charge in [-0.15, -0.1) is 0 Å². The van der Waals surface area contributed by atoms with E-state index < -0.39 is 0 Å². The summed E-state index contributed by atoms with van der Waals surface area (Å²) in [5.74, 6) is 0.624. The van der Waals surface area contributed by atoms with E-state index in [1.165, 1.54) is 0 Å². The highest BCUT2D eigenvalue weighted by Crippen LogP contribution is 2.18. The standard InChI is InChI=1S/C14H18N2O3/c1-3-12-14(18)15-8-13(17)16(12)9-10-5-4-6-11(7-10)19-2/h4-7,12H,3,8-9H2,1-2H3,(H,15,18). The van der Waals surface area contributed by atoms with Crippen molar-refractivity contribution < 1.29 is 14.3 Å². The van der Waals surface area contributed by atoms with Crippen LogP contribution in [0.2, 0.25) is 0 Å². The highest BCUT2D eigenvalue weighted by atomic mass is 16.5. The van der Waals surface area contributed by atoms with E-state index in [1.54, 1.807) is 12.0 Å². The summed E-state index contributed by atoms with van der Waals surface area (Å²) in [7, 11) is 1.60. The fourth-order valence-electron chi connectivity index (χ4n) is 2.27. The van der Waals surface area contributed by atoms with E-state index in [9.17, 15) is 9.59 Å². The monoisotopic (exact) mass is 262 g/mol. The van der Waals surface area contributed by atoms with Gasteiger partial charge in [0.1, 0.15) is 11.8 Å². The maximum atomic E-state index is 11.9.